The van der Waals surface area contributed by atoms with Crippen LogP contribution in [0.3, 0.4) is 0 Å². The summed E-state index contributed by atoms with van der Waals surface area (Å²) in [5.74, 6) is 0.927. The maximum Gasteiger partial charge on any atom is 0.249 e. The summed E-state index contributed by atoms with van der Waals surface area (Å²) in [4.78, 5) is 19.8. The maximum absolute atomic E-state index is 12.0. The number of carbonyl (C=O) groups is 1. The summed E-state index contributed by atoms with van der Waals surface area (Å²) in [7, 11) is 0. The number of aromatic amines is 1. The van der Waals surface area contributed by atoms with Gasteiger partial charge >= 0.3 is 0 Å². The Morgan fingerprint density at radius 2 is 2.27 bits per heavy atom. The van der Waals surface area contributed by atoms with Gasteiger partial charge in [-0.15, -0.1) is 0 Å². The van der Waals surface area contributed by atoms with E-state index in [9.17, 15) is 4.79 Å². The van der Waals surface area contributed by atoms with Crippen LogP contribution in [0.4, 0.5) is 0 Å². The van der Waals surface area contributed by atoms with Gasteiger partial charge in [0.05, 0.1) is 17.1 Å². The van der Waals surface area contributed by atoms with E-state index >= 15 is 0 Å². The molecular weight excluding hydrogens is 280 g/mol. The number of rotatable bonds is 6. The lowest BCUT2D eigenvalue weighted by atomic mass is 10.2. The number of benzene rings is 1. The van der Waals surface area contributed by atoms with Crippen molar-refractivity contribution < 1.29 is 9.53 Å². The Bertz CT molecular complexity index is 607. The highest BCUT2D eigenvalue weighted by Crippen LogP contribution is 2.18. The van der Waals surface area contributed by atoms with Gasteiger partial charge in [0.25, 0.3) is 0 Å². The van der Waals surface area contributed by atoms with E-state index in [-0.39, 0.29) is 18.1 Å². The Balaban J connectivity index is 1.41. The molecule has 1 saturated heterocycles. The number of aryl methyl sites for hydroxylation is 1. The lowest BCUT2D eigenvalue weighted by Crippen LogP contribution is -2.36. The van der Waals surface area contributed by atoms with Gasteiger partial charge in [-0.05, 0) is 31.4 Å². The molecule has 1 aromatic carbocycles. The maximum atomic E-state index is 12.0. The minimum atomic E-state index is -0.334. The minimum absolute atomic E-state index is 0.0273. The Morgan fingerprint density at radius 3 is 3.05 bits per heavy atom. The molecule has 6 nitrogen and oxygen atoms in total. The van der Waals surface area contributed by atoms with E-state index in [0.29, 0.717) is 13.1 Å². The molecule has 0 spiro atoms. The molecule has 0 radical (unpaired) electrons. The third-order valence-electron chi connectivity index (χ3n) is 3.99. The monoisotopic (exact) mass is 302 g/mol. The van der Waals surface area contributed by atoms with Crippen LogP contribution in [0, 0.1) is 0 Å². The second kappa shape index (κ2) is 6.89. The van der Waals surface area contributed by atoms with Gasteiger partial charge in [0, 0.05) is 19.5 Å². The van der Waals surface area contributed by atoms with E-state index in [4.69, 9.17) is 10.5 Å². The molecule has 3 rings (SSSR count). The van der Waals surface area contributed by atoms with Gasteiger partial charge in [-0.3, -0.25) is 4.79 Å². The highest BCUT2D eigenvalue weighted by atomic mass is 16.5. The van der Waals surface area contributed by atoms with Crippen molar-refractivity contribution in [3.63, 3.8) is 0 Å². The highest BCUT2D eigenvalue weighted by Gasteiger charge is 2.29. The van der Waals surface area contributed by atoms with Crippen molar-refractivity contribution in [1.29, 1.82) is 0 Å². The molecule has 0 aliphatic carbocycles. The number of nitrogens with one attached hydrogen (secondary N) is 2. The van der Waals surface area contributed by atoms with Crippen molar-refractivity contribution in [3.05, 3.63) is 30.1 Å². The first-order chi connectivity index (χ1) is 10.8. The number of aromatic nitrogens is 2. The van der Waals surface area contributed by atoms with Crippen molar-refractivity contribution >= 4 is 16.9 Å². The SMILES string of the molecule is NC[C@H]1CC[C@@H](C(=O)NCCCc2nc3ccccc3[nH]2)O1. The lowest BCUT2D eigenvalue weighted by molar-refractivity contribution is -0.131. The molecule has 2 atom stereocenters. The molecule has 22 heavy (non-hydrogen) atoms. The number of para-hydroxylation sites is 2. The normalized spacial score (nSPS) is 21.3. The van der Waals surface area contributed by atoms with E-state index in [1.54, 1.807) is 0 Å². The molecule has 1 aromatic heterocycles. The molecule has 2 aromatic rings. The quantitative estimate of drug-likeness (QED) is 0.697. The Kier molecular flexibility index (Phi) is 4.70. The third-order valence-corrected chi connectivity index (χ3v) is 3.99. The minimum Gasteiger partial charge on any atom is -0.364 e. The number of hydrogen-bond donors (Lipinski definition) is 3. The highest BCUT2D eigenvalue weighted by molar-refractivity contribution is 5.81. The van der Waals surface area contributed by atoms with Crippen molar-refractivity contribution in [3.8, 4) is 0 Å². The van der Waals surface area contributed by atoms with Gasteiger partial charge in [-0.1, -0.05) is 12.1 Å². The average molecular weight is 302 g/mol. The van der Waals surface area contributed by atoms with E-state index < -0.39 is 0 Å². The Hall–Kier alpha value is -1.92. The van der Waals surface area contributed by atoms with E-state index in [1.807, 2.05) is 24.3 Å². The summed E-state index contributed by atoms with van der Waals surface area (Å²) >= 11 is 0. The van der Waals surface area contributed by atoms with Crippen molar-refractivity contribution in [1.82, 2.24) is 15.3 Å². The zero-order valence-corrected chi connectivity index (χ0v) is 12.5. The zero-order chi connectivity index (χ0) is 15.4. The Morgan fingerprint density at radius 1 is 1.41 bits per heavy atom. The van der Waals surface area contributed by atoms with Crippen molar-refractivity contribution in [2.24, 2.45) is 5.73 Å². The van der Waals surface area contributed by atoms with Crippen LogP contribution in [-0.4, -0.2) is 41.2 Å². The first-order valence-corrected chi connectivity index (χ1v) is 7.83. The first-order valence-electron chi connectivity index (χ1n) is 7.83. The van der Waals surface area contributed by atoms with Gasteiger partial charge in [-0.25, -0.2) is 4.98 Å². The third kappa shape index (κ3) is 3.45. The molecule has 1 aliphatic rings. The second-order valence-corrected chi connectivity index (χ2v) is 5.66. The summed E-state index contributed by atoms with van der Waals surface area (Å²) in [6.07, 6.45) is 2.99. The van der Waals surface area contributed by atoms with Crippen LogP contribution in [0.1, 0.15) is 25.1 Å². The van der Waals surface area contributed by atoms with Crippen LogP contribution < -0.4 is 11.1 Å². The fraction of sp³-hybridized carbons (Fsp3) is 0.500. The van der Waals surface area contributed by atoms with E-state index in [2.05, 4.69) is 15.3 Å². The summed E-state index contributed by atoms with van der Waals surface area (Å²) in [6.45, 7) is 1.11. The van der Waals surface area contributed by atoms with Crippen LogP contribution >= 0.6 is 0 Å². The fourth-order valence-electron chi connectivity index (χ4n) is 2.78. The summed E-state index contributed by atoms with van der Waals surface area (Å²) in [6, 6.07) is 7.96. The zero-order valence-electron chi connectivity index (χ0n) is 12.5. The number of amides is 1. The van der Waals surface area contributed by atoms with Crippen LogP contribution in [0.15, 0.2) is 24.3 Å². The van der Waals surface area contributed by atoms with Crippen molar-refractivity contribution in [2.45, 2.75) is 37.9 Å². The van der Waals surface area contributed by atoms with Crippen LogP contribution in [0.5, 0.6) is 0 Å². The summed E-state index contributed by atoms with van der Waals surface area (Å²) in [5, 5.41) is 2.93. The number of fused-ring (bicyclic) bond motifs is 1. The fourth-order valence-corrected chi connectivity index (χ4v) is 2.78. The number of ether oxygens (including phenoxy) is 1. The number of H-pyrrole nitrogens is 1. The van der Waals surface area contributed by atoms with Crippen LogP contribution in [0.25, 0.3) is 11.0 Å². The number of imidazole rings is 1. The molecular formula is C16H22N4O2. The first kappa shape index (κ1) is 15.0. The predicted octanol–water partition coefficient (Wildman–Crippen LogP) is 1.12. The molecule has 2 heterocycles. The topological polar surface area (TPSA) is 93.0 Å². The van der Waals surface area contributed by atoms with Gasteiger partial charge in [-0.2, -0.15) is 0 Å². The lowest BCUT2D eigenvalue weighted by Gasteiger charge is -2.12. The predicted molar refractivity (Wildman–Crippen MR) is 84.4 cm³/mol. The second-order valence-electron chi connectivity index (χ2n) is 5.66. The molecule has 1 fully saturated rings. The average Bonchev–Trinajstić information content (AvgIpc) is 3.17. The van der Waals surface area contributed by atoms with Gasteiger partial charge < -0.3 is 20.8 Å². The van der Waals surface area contributed by atoms with E-state index in [0.717, 1.165) is 42.5 Å². The molecule has 1 aliphatic heterocycles. The number of nitrogens with zero attached hydrogens (tertiary/aromatic N) is 1. The molecule has 0 bridgehead atoms. The van der Waals surface area contributed by atoms with Gasteiger partial charge in [0.1, 0.15) is 11.9 Å². The number of carbonyl (C=O) groups excluding carboxylic acids is 1. The summed E-state index contributed by atoms with van der Waals surface area (Å²) in [5.41, 5.74) is 7.58. The molecule has 0 saturated carbocycles. The Labute approximate surface area is 129 Å². The molecule has 4 N–H and O–H groups in total. The summed E-state index contributed by atoms with van der Waals surface area (Å²) < 4.78 is 5.57. The molecule has 1 amide bonds. The molecule has 0 unspecified atom stereocenters. The smallest absolute Gasteiger partial charge is 0.249 e. The standard InChI is InChI=1S/C16H22N4O2/c17-10-11-7-8-14(22-11)16(21)18-9-3-6-15-19-12-4-1-2-5-13(12)20-15/h1-2,4-5,11,14H,3,6-10,17H2,(H,18,21)(H,19,20)/t11-,14+/m1/s1. The van der Waals surface area contributed by atoms with Gasteiger partial charge in [0.15, 0.2) is 0 Å². The van der Waals surface area contributed by atoms with Crippen LogP contribution in [-0.2, 0) is 16.0 Å². The molecule has 6 heteroatoms. The van der Waals surface area contributed by atoms with Crippen molar-refractivity contribution in [2.75, 3.05) is 13.1 Å². The van der Waals surface area contributed by atoms with Crippen LogP contribution in [0.2, 0.25) is 0 Å². The number of nitrogens with two attached hydrogens (primary N) is 1. The van der Waals surface area contributed by atoms with E-state index in [1.165, 1.54) is 0 Å². The molecule has 118 valence electrons. The number of hydrogen-bond acceptors (Lipinski definition) is 4. The van der Waals surface area contributed by atoms with Gasteiger partial charge in [0.2, 0.25) is 5.91 Å². The largest absolute Gasteiger partial charge is 0.364 e.